The Hall–Kier alpha value is -1.25. The molecular weight excluding hydrogens is 388 g/mol. The highest BCUT2D eigenvalue weighted by Crippen LogP contribution is 2.48. The van der Waals surface area contributed by atoms with Crippen molar-refractivity contribution in [3.05, 3.63) is 25.3 Å². The molecule has 0 saturated carbocycles. The maximum Gasteiger partial charge on any atom is 0.311 e. The Morgan fingerprint density at radius 2 is 1.90 bits per heavy atom. The SMILES string of the molecule is C=CC[C@H](OC(=O)C(C)(C)C)[C@@]1(C(O)C=C)O[C@@H]2OC(C)(C)O[C@@H]2[C@H]1OCCCC. The quantitative estimate of drug-likeness (QED) is 0.325. The van der Waals surface area contributed by atoms with Crippen LogP contribution in [0, 0.1) is 5.41 Å². The topological polar surface area (TPSA) is 83.5 Å². The molecule has 6 atom stereocenters. The zero-order valence-corrected chi connectivity index (χ0v) is 19.2. The Morgan fingerprint density at radius 1 is 1.23 bits per heavy atom. The van der Waals surface area contributed by atoms with E-state index in [0.717, 1.165) is 12.8 Å². The molecule has 0 aromatic rings. The van der Waals surface area contributed by atoms with Gasteiger partial charge in [0.1, 0.15) is 24.4 Å². The van der Waals surface area contributed by atoms with Gasteiger partial charge >= 0.3 is 5.97 Å². The van der Waals surface area contributed by atoms with Gasteiger partial charge in [-0.3, -0.25) is 4.79 Å². The highest BCUT2D eigenvalue weighted by molar-refractivity contribution is 5.75. The average Bonchev–Trinajstić information content (AvgIpc) is 3.10. The van der Waals surface area contributed by atoms with Crippen LogP contribution in [0.4, 0.5) is 0 Å². The van der Waals surface area contributed by atoms with E-state index in [4.69, 9.17) is 23.7 Å². The Balaban J connectivity index is 2.49. The molecule has 1 unspecified atom stereocenters. The molecule has 0 radical (unpaired) electrons. The molecular formula is C23H38O7. The zero-order chi connectivity index (χ0) is 22.7. The maximum absolute atomic E-state index is 12.8. The molecule has 2 aliphatic heterocycles. The smallest absolute Gasteiger partial charge is 0.311 e. The first-order valence-corrected chi connectivity index (χ1v) is 10.7. The van der Waals surface area contributed by atoms with Crippen molar-refractivity contribution in [2.75, 3.05) is 6.61 Å². The number of aliphatic hydroxyl groups excluding tert-OH is 1. The van der Waals surface area contributed by atoms with E-state index in [1.165, 1.54) is 6.08 Å². The van der Waals surface area contributed by atoms with Crippen molar-refractivity contribution in [2.45, 2.75) is 103 Å². The van der Waals surface area contributed by atoms with E-state index in [9.17, 15) is 9.90 Å². The van der Waals surface area contributed by atoms with Crippen LogP contribution in [0.25, 0.3) is 0 Å². The van der Waals surface area contributed by atoms with Gasteiger partial charge in [0.25, 0.3) is 0 Å². The van der Waals surface area contributed by atoms with Gasteiger partial charge in [-0.25, -0.2) is 0 Å². The van der Waals surface area contributed by atoms with Crippen LogP contribution in [0.5, 0.6) is 0 Å². The molecule has 0 aromatic heterocycles. The van der Waals surface area contributed by atoms with E-state index < -0.39 is 53.5 Å². The van der Waals surface area contributed by atoms with Gasteiger partial charge in [-0.05, 0) is 41.0 Å². The second-order valence-corrected chi connectivity index (χ2v) is 9.43. The lowest BCUT2D eigenvalue weighted by atomic mass is 9.81. The molecule has 2 aliphatic rings. The molecule has 2 rings (SSSR count). The first-order valence-electron chi connectivity index (χ1n) is 10.7. The number of ether oxygens (including phenoxy) is 5. The lowest BCUT2D eigenvalue weighted by Gasteiger charge is -2.44. The van der Waals surface area contributed by atoms with Gasteiger partial charge in [0.05, 0.1) is 5.41 Å². The van der Waals surface area contributed by atoms with E-state index in [-0.39, 0.29) is 6.42 Å². The molecule has 30 heavy (non-hydrogen) atoms. The second-order valence-electron chi connectivity index (χ2n) is 9.43. The van der Waals surface area contributed by atoms with Crippen molar-refractivity contribution in [2.24, 2.45) is 5.41 Å². The van der Waals surface area contributed by atoms with Gasteiger partial charge in [-0.1, -0.05) is 25.5 Å². The minimum absolute atomic E-state index is 0.253. The summed E-state index contributed by atoms with van der Waals surface area (Å²) in [7, 11) is 0. The standard InChI is InChI=1S/C23H38O7/c1-9-12-14-26-18-17-19(29-22(7,8)28-17)30-23(18,15(24)11-3)16(13-10-2)27-20(25)21(4,5)6/h10-11,15-19,24H,2-3,9,12-14H2,1,4-8H3/t15?,16-,17+,18+,19-,23+/m0/s1. The minimum Gasteiger partial charge on any atom is -0.458 e. The Morgan fingerprint density at radius 3 is 2.43 bits per heavy atom. The van der Waals surface area contributed by atoms with Crippen molar-refractivity contribution in [3.63, 3.8) is 0 Å². The van der Waals surface area contributed by atoms with Crippen LogP contribution in [-0.4, -0.2) is 59.8 Å². The number of hydrogen-bond donors (Lipinski definition) is 1. The molecule has 2 fully saturated rings. The van der Waals surface area contributed by atoms with Gasteiger partial charge in [0.2, 0.25) is 0 Å². The fourth-order valence-electron chi connectivity index (χ4n) is 3.81. The summed E-state index contributed by atoms with van der Waals surface area (Å²) in [6.45, 7) is 18.9. The van der Waals surface area contributed by atoms with Crippen LogP contribution >= 0.6 is 0 Å². The van der Waals surface area contributed by atoms with Gasteiger partial charge in [0.15, 0.2) is 17.7 Å². The summed E-state index contributed by atoms with van der Waals surface area (Å²) < 4.78 is 30.4. The fourth-order valence-corrected chi connectivity index (χ4v) is 3.81. The summed E-state index contributed by atoms with van der Waals surface area (Å²) in [5.74, 6) is -1.27. The first kappa shape index (κ1) is 25.0. The van der Waals surface area contributed by atoms with Gasteiger partial charge in [0, 0.05) is 13.0 Å². The number of rotatable bonds is 10. The van der Waals surface area contributed by atoms with Crippen molar-refractivity contribution < 1.29 is 33.6 Å². The molecule has 0 aliphatic carbocycles. The Labute approximate surface area is 180 Å². The summed E-state index contributed by atoms with van der Waals surface area (Å²) in [6, 6.07) is 0. The van der Waals surface area contributed by atoms with Gasteiger partial charge in [-0.15, -0.1) is 13.2 Å². The summed E-state index contributed by atoms with van der Waals surface area (Å²) in [4.78, 5) is 12.8. The predicted octanol–water partition coefficient (Wildman–Crippen LogP) is 3.50. The summed E-state index contributed by atoms with van der Waals surface area (Å²) in [5.41, 5.74) is -2.18. The summed E-state index contributed by atoms with van der Waals surface area (Å²) in [5, 5.41) is 11.1. The highest BCUT2D eigenvalue weighted by atomic mass is 16.8. The number of hydrogen-bond acceptors (Lipinski definition) is 7. The number of carbonyl (C=O) groups excluding carboxylic acids is 1. The van der Waals surface area contributed by atoms with E-state index in [0.29, 0.717) is 6.61 Å². The summed E-state index contributed by atoms with van der Waals surface area (Å²) >= 11 is 0. The molecule has 172 valence electrons. The van der Waals surface area contributed by atoms with Crippen molar-refractivity contribution >= 4 is 5.97 Å². The number of unbranched alkanes of at least 4 members (excludes halogenated alkanes) is 1. The van der Waals surface area contributed by atoms with Crippen LogP contribution in [0.2, 0.25) is 0 Å². The van der Waals surface area contributed by atoms with E-state index in [2.05, 4.69) is 20.1 Å². The molecule has 2 heterocycles. The molecule has 0 bridgehead atoms. The van der Waals surface area contributed by atoms with Crippen LogP contribution in [0.3, 0.4) is 0 Å². The molecule has 0 amide bonds. The monoisotopic (exact) mass is 426 g/mol. The molecule has 7 nitrogen and oxygen atoms in total. The highest BCUT2D eigenvalue weighted by Gasteiger charge is 2.68. The molecule has 0 spiro atoms. The molecule has 0 aromatic carbocycles. The lowest BCUT2D eigenvalue weighted by molar-refractivity contribution is -0.282. The zero-order valence-electron chi connectivity index (χ0n) is 19.2. The second kappa shape index (κ2) is 9.49. The van der Waals surface area contributed by atoms with Gasteiger partial charge in [-0.2, -0.15) is 0 Å². The Kier molecular flexibility index (Phi) is 7.91. The first-order chi connectivity index (χ1) is 13.9. The van der Waals surface area contributed by atoms with Gasteiger partial charge < -0.3 is 28.8 Å². The lowest BCUT2D eigenvalue weighted by Crippen LogP contribution is -2.62. The van der Waals surface area contributed by atoms with Crippen LogP contribution in [0.15, 0.2) is 25.3 Å². The largest absolute Gasteiger partial charge is 0.458 e. The minimum atomic E-state index is -1.45. The average molecular weight is 427 g/mol. The third kappa shape index (κ3) is 4.97. The number of esters is 1. The third-order valence-electron chi connectivity index (χ3n) is 5.38. The normalized spacial score (nSPS) is 32.3. The maximum atomic E-state index is 12.8. The Bertz CT molecular complexity index is 624. The third-order valence-corrected chi connectivity index (χ3v) is 5.38. The van der Waals surface area contributed by atoms with Crippen molar-refractivity contribution in [1.29, 1.82) is 0 Å². The van der Waals surface area contributed by atoms with E-state index in [1.54, 1.807) is 40.7 Å². The van der Waals surface area contributed by atoms with Crippen molar-refractivity contribution in [1.82, 2.24) is 0 Å². The number of carbonyl (C=O) groups is 1. The fraction of sp³-hybridized carbons (Fsp3) is 0.783. The van der Waals surface area contributed by atoms with Crippen LogP contribution < -0.4 is 0 Å². The summed E-state index contributed by atoms with van der Waals surface area (Å²) in [6.07, 6.45) is 0.848. The molecule has 2 saturated heterocycles. The molecule has 7 heteroatoms. The predicted molar refractivity (Wildman–Crippen MR) is 113 cm³/mol. The van der Waals surface area contributed by atoms with Crippen molar-refractivity contribution in [3.8, 4) is 0 Å². The van der Waals surface area contributed by atoms with Crippen LogP contribution in [0.1, 0.15) is 60.8 Å². The van der Waals surface area contributed by atoms with E-state index >= 15 is 0 Å². The molecule has 1 N–H and O–H groups in total. The number of fused-ring (bicyclic) bond motifs is 1. The van der Waals surface area contributed by atoms with E-state index in [1.807, 2.05) is 0 Å². The number of aliphatic hydroxyl groups is 1. The van der Waals surface area contributed by atoms with Crippen LogP contribution in [-0.2, 0) is 28.5 Å².